The molecule has 0 saturated heterocycles. The van der Waals surface area contributed by atoms with Crippen LogP contribution in [0.2, 0.25) is 0 Å². The lowest BCUT2D eigenvalue weighted by atomic mass is 10.8. The van der Waals surface area contributed by atoms with Crippen LogP contribution in [0.25, 0.3) is 0 Å². The number of carbonyl (C=O) groups excluding carboxylic acids is 1. The summed E-state index contributed by atoms with van der Waals surface area (Å²) in [7, 11) is 0. The first kappa shape index (κ1) is 9.61. The summed E-state index contributed by atoms with van der Waals surface area (Å²) in [5.74, 6) is -0.211. The fraction of sp³-hybridized carbons (Fsp3) is 0.500. The maximum absolute atomic E-state index is 9.82. The predicted octanol–water partition coefficient (Wildman–Crippen LogP) is 0.639. The van der Waals surface area contributed by atoms with Crippen LogP contribution in [-0.2, 0) is 9.53 Å². The molecule has 5 heteroatoms. The zero-order valence-electron chi connectivity index (χ0n) is 6.48. The summed E-state index contributed by atoms with van der Waals surface area (Å²) in [5, 5.41) is 6.61. The van der Waals surface area contributed by atoms with Gasteiger partial charge in [-0.15, -0.1) is 10.2 Å². The molecule has 0 radical (unpaired) electrons. The molecule has 1 aromatic heterocycles. The van der Waals surface area contributed by atoms with Crippen molar-refractivity contribution in [1.82, 2.24) is 10.2 Å². The highest BCUT2D eigenvalue weighted by Crippen LogP contribution is 1.69. The van der Waals surface area contributed by atoms with Gasteiger partial charge in [0.15, 0.2) is 0 Å². The lowest BCUT2D eigenvalue weighted by Crippen LogP contribution is -1.95. The van der Waals surface area contributed by atoms with E-state index in [1.165, 1.54) is 19.7 Å². The van der Waals surface area contributed by atoms with Gasteiger partial charge in [-0.2, -0.15) is 0 Å². The Morgan fingerprint density at radius 2 is 2.09 bits per heavy atom. The first-order valence-corrected chi connectivity index (χ1v) is 3.09. The third-order valence-corrected chi connectivity index (χ3v) is 0.630. The fourth-order valence-corrected chi connectivity index (χ4v) is 0.339. The number of hydrogen-bond acceptors (Lipinski definition) is 5. The number of nitrogens with zero attached hydrogens (tertiary/aromatic N) is 2. The minimum Gasteiger partial charge on any atom is -0.466 e. The third kappa shape index (κ3) is 8.61. The van der Waals surface area contributed by atoms with Gasteiger partial charge < -0.3 is 9.15 Å². The Hall–Kier alpha value is -1.39. The maximum atomic E-state index is 9.82. The van der Waals surface area contributed by atoms with Crippen molar-refractivity contribution in [2.75, 3.05) is 6.61 Å². The zero-order chi connectivity index (χ0) is 8.53. The number of hydrogen-bond donors (Lipinski definition) is 0. The molecule has 0 spiro atoms. The van der Waals surface area contributed by atoms with Crippen LogP contribution in [0.3, 0.4) is 0 Å². The average Bonchev–Trinajstić information content (AvgIpc) is 2.41. The van der Waals surface area contributed by atoms with Crippen molar-refractivity contribution in [1.29, 1.82) is 0 Å². The molecular weight excluding hydrogens is 148 g/mol. The molecule has 0 N–H and O–H groups in total. The van der Waals surface area contributed by atoms with Crippen LogP contribution < -0.4 is 0 Å². The molecule has 11 heavy (non-hydrogen) atoms. The molecule has 0 aliphatic rings. The average molecular weight is 158 g/mol. The standard InChI is InChI=1S/C4H8O2.C2H2N2O/c1-3-6-4(2)5;1-3-4-2-5-1/h3H2,1-2H3;1-2H. The van der Waals surface area contributed by atoms with E-state index in [2.05, 4.69) is 19.4 Å². The smallest absolute Gasteiger partial charge is 0.302 e. The number of rotatable bonds is 1. The summed E-state index contributed by atoms with van der Waals surface area (Å²) in [6.45, 7) is 3.65. The molecule has 1 rings (SSSR count). The van der Waals surface area contributed by atoms with E-state index in [0.29, 0.717) is 6.61 Å². The van der Waals surface area contributed by atoms with E-state index in [1.54, 1.807) is 6.92 Å². The van der Waals surface area contributed by atoms with E-state index in [1.807, 2.05) is 0 Å². The van der Waals surface area contributed by atoms with Crippen molar-refractivity contribution in [3.8, 4) is 0 Å². The molecule has 1 heterocycles. The van der Waals surface area contributed by atoms with Crippen LogP contribution in [0.4, 0.5) is 0 Å². The van der Waals surface area contributed by atoms with Crippen molar-refractivity contribution in [2.45, 2.75) is 13.8 Å². The van der Waals surface area contributed by atoms with Gasteiger partial charge in [0.05, 0.1) is 6.61 Å². The molecule has 0 fully saturated rings. The van der Waals surface area contributed by atoms with Gasteiger partial charge in [0.2, 0.25) is 12.8 Å². The van der Waals surface area contributed by atoms with Crippen LogP contribution in [0, 0.1) is 0 Å². The summed E-state index contributed by atoms with van der Waals surface area (Å²) < 4.78 is 8.76. The summed E-state index contributed by atoms with van der Waals surface area (Å²) in [5.41, 5.74) is 0. The van der Waals surface area contributed by atoms with E-state index in [4.69, 9.17) is 0 Å². The second-order valence-electron chi connectivity index (χ2n) is 1.50. The zero-order valence-corrected chi connectivity index (χ0v) is 6.48. The van der Waals surface area contributed by atoms with Gasteiger partial charge in [0, 0.05) is 6.92 Å². The molecule has 0 unspecified atom stereocenters. The lowest BCUT2D eigenvalue weighted by molar-refractivity contribution is -0.140. The second-order valence-corrected chi connectivity index (χ2v) is 1.50. The van der Waals surface area contributed by atoms with Gasteiger partial charge >= 0.3 is 5.97 Å². The molecule has 0 aromatic carbocycles. The van der Waals surface area contributed by atoms with Crippen LogP contribution in [0.5, 0.6) is 0 Å². The topological polar surface area (TPSA) is 65.2 Å². The van der Waals surface area contributed by atoms with E-state index in [9.17, 15) is 4.79 Å². The van der Waals surface area contributed by atoms with Gasteiger partial charge in [0.25, 0.3) is 0 Å². The number of ether oxygens (including phenoxy) is 1. The van der Waals surface area contributed by atoms with Crippen molar-refractivity contribution >= 4 is 5.97 Å². The first-order valence-electron chi connectivity index (χ1n) is 3.09. The van der Waals surface area contributed by atoms with Crippen LogP contribution in [0.1, 0.15) is 13.8 Å². The first-order chi connectivity index (χ1) is 5.27. The predicted molar refractivity (Wildman–Crippen MR) is 36.6 cm³/mol. The van der Waals surface area contributed by atoms with Gasteiger partial charge in [-0.3, -0.25) is 4.79 Å². The maximum Gasteiger partial charge on any atom is 0.302 e. The van der Waals surface area contributed by atoms with Gasteiger partial charge in [-0.25, -0.2) is 0 Å². The molecule has 0 amide bonds. The summed E-state index contributed by atoms with van der Waals surface area (Å²) >= 11 is 0. The Morgan fingerprint density at radius 3 is 2.18 bits per heavy atom. The van der Waals surface area contributed by atoms with Gasteiger partial charge in [-0.1, -0.05) is 0 Å². The minimum absolute atomic E-state index is 0.211. The Morgan fingerprint density at radius 1 is 1.55 bits per heavy atom. The molecule has 0 atom stereocenters. The summed E-state index contributed by atoms with van der Waals surface area (Å²) in [6.07, 6.45) is 2.53. The molecule has 1 aromatic rings. The normalized spacial score (nSPS) is 7.82. The molecule has 0 aliphatic carbocycles. The summed E-state index contributed by atoms with van der Waals surface area (Å²) in [6, 6.07) is 0. The van der Waals surface area contributed by atoms with Crippen molar-refractivity contribution in [2.24, 2.45) is 0 Å². The Labute approximate surface area is 64.4 Å². The molecule has 0 bridgehead atoms. The van der Waals surface area contributed by atoms with E-state index >= 15 is 0 Å². The van der Waals surface area contributed by atoms with Crippen molar-refractivity contribution in [3.05, 3.63) is 12.8 Å². The largest absolute Gasteiger partial charge is 0.466 e. The number of aromatic nitrogens is 2. The molecule has 0 saturated carbocycles. The molecule has 62 valence electrons. The SMILES string of the molecule is CCOC(C)=O.c1nnco1. The van der Waals surface area contributed by atoms with Crippen LogP contribution in [0.15, 0.2) is 17.2 Å². The number of carbonyl (C=O) groups is 1. The Bertz CT molecular complexity index is 157. The van der Waals surface area contributed by atoms with Gasteiger partial charge in [-0.05, 0) is 6.92 Å². The fourth-order valence-electron chi connectivity index (χ4n) is 0.339. The van der Waals surface area contributed by atoms with Gasteiger partial charge in [0.1, 0.15) is 0 Å². The molecule has 5 nitrogen and oxygen atoms in total. The Kier molecular flexibility index (Phi) is 5.88. The van der Waals surface area contributed by atoms with E-state index in [0.717, 1.165) is 0 Å². The van der Waals surface area contributed by atoms with Crippen molar-refractivity contribution in [3.63, 3.8) is 0 Å². The minimum atomic E-state index is -0.211. The highest BCUT2D eigenvalue weighted by molar-refractivity contribution is 5.65. The Balaban J connectivity index is 0.000000183. The van der Waals surface area contributed by atoms with E-state index in [-0.39, 0.29) is 5.97 Å². The van der Waals surface area contributed by atoms with Crippen LogP contribution in [-0.4, -0.2) is 22.8 Å². The molecule has 0 aliphatic heterocycles. The van der Waals surface area contributed by atoms with E-state index < -0.39 is 0 Å². The highest BCUT2D eigenvalue weighted by atomic mass is 16.5. The lowest BCUT2D eigenvalue weighted by Gasteiger charge is -1.89. The van der Waals surface area contributed by atoms with Crippen molar-refractivity contribution < 1.29 is 13.9 Å². The van der Waals surface area contributed by atoms with Crippen LogP contribution >= 0.6 is 0 Å². The molecular formula is C6H10N2O3. The number of esters is 1. The third-order valence-electron chi connectivity index (χ3n) is 0.630. The summed E-state index contributed by atoms with van der Waals surface area (Å²) in [4.78, 5) is 9.82. The second kappa shape index (κ2) is 6.73. The highest BCUT2D eigenvalue weighted by Gasteiger charge is 1.81. The quantitative estimate of drug-likeness (QED) is 0.561. The monoisotopic (exact) mass is 158 g/mol.